The van der Waals surface area contributed by atoms with Gasteiger partial charge >= 0.3 is 0 Å². The van der Waals surface area contributed by atoms with Crippen LogP contribution in [0.15, 0.2) is 23.8 Å². The third-order valence-corrected chi connectivity index (χ3v) is 4.75. The van der Waals surface area contributed by atoms with Crippen molar-refractivity contribution < 1.29 is 0 Å². The molecule has 0 aliphatic heterocycles. The van der Waals surface area contributed by atoms with Crippen molar-refractivity contribution in [2.24, 2.45) is 0 Å². The summed E-state index contributed by atoms with van der Waals surface area (Å²) in [7, 11) is 0. The first-order valence-electron chi connectivity index (χ1n) is 6.97. The van der Waals surface area contributed by atoms with E-state index in [2.05, 4.69) is 39.7 Å². The lowest BCUT2D eigenvalue weighted by Crippen LogP contribution is -2.11. The molecule has 1 aliphatic carbocycles. The highest BCUT2D eigenvalue weighted by atomic mass is 32.1. The number of nitrogens with zero attached hydrogens (tertiary/aromatic N) is 2. The zero-order chi connectivity index (χ0) is 13.1. The highest BCUT2D eigenvalue weighted by molar-refractivity contribution is 7.10. The van der Waals surface area contributed by atoms with Gasteiger partial charge in [-0.2, -0.15) is 0 Å². The molecule has 2 aromatic heterocycles. The van der Waals surface area contributed by atoms with Crippen molar-refractivity contribution in [1.29, 1.82) is 0 Å². The molecule has 19 heavy (non-hydrogen) atoms. The molecule has 4 heteroatoms. The number of hydrogen-bond donors (Lipinski definition) is 1. The maximum absolute atomic E-state index is 4.47. The molecule has 0 amide bonds. The smallest absolute Gasteiger partial charge is 0.133 e. The first kappa shape index (κ1) is 12.6. The van der Waals surface area contributed by atoms with E-state index in [9.17, 15) is 0 Å². The predicted molar refractivity (Wildman–Crippen MR) is 79.6 cm³/mol. The molecular formula is C15H19N3S. The second kappa shape index (κ2) is 5.70. The Bertz CT molecular complexity index is 536. The van der Waals surface area contributed by atoms with Crippen LogP contribution in [0.25, 0.3) is 0 Å². The molecule has 0 aromatic carbocycles. The lowest BCUT2D eigenvalue weighted by molar-refractivity contribution is 0.708. The number of fused-ring (bicyclic) bond motifs is 1. The van der Waals surface area contributed by atoms with Gasteiger partial charge in [-0.05, 0) is 44.1 Å². The molecule has 0 bridgehead atoms. The third kappa shape index (κ3) is 2.78. The van der Waals surface area contributed by atoms with Crippen LogP contribution in [-0.4, -0.2) is 9.97 Å². The van der Waals surface area contributed by atoms with Crippen LogP contribution in [0.4, 0.5) is 5.82 Å². The van der Waals surface area contributed by atoms with Crippen LogP contribution in [0.1, 0.15) is 48.4 Å². The van der Waals surface area contributed by atoms with Crippen molar-refractivity contribution in [3.63, 3.8) is 0 Å². The zero-order valence-corrected chi connectivity index (χ0v) is 12.0. The molecule has 1 unspecified atom stereocenters. The van der Waals surface area contributed by atoms with Gasteiger partial charge in [0, 0.05) is 16.1 Å². The number of rotatable bonds is 3. The predicted octanol–water partition coefficient (Wildman–Crippen LogP) is 3.98. The number of aryl methyl sites for hydroxylation is 1. The van der Waals surface area contributed by atoms with Gasteiger partial charge in [-0.25, -0.2) is 9.97 Å². The van der Waals surface area contributed by atoms with E-state index < -0.39 is 0 Å². The maximum Gasteiger partial charge on any atom is 0.133 e. The van der Waals surface area contributed by atoms with Crippen molar-refractivity contribution in [2.45, 2.75) is 45.1 Å². The Kier molecular flexibility index (Phi) is 3.78. The molecule has 3 rings (SSSR count). The average molecular weight is 273 g/mol. The third-order valence-electron chi connectivity index (χ3n) is 3.70. The minimum Gasteiger partial charge on any atom is -0.362 e. The van der Waals surface area contributed by atoms with E-state index in [-0.39, 0.29) is 0 Å². The summed E-state index contributed by atoms with van der Waals surface area (Å²) < 4.78 is 0. The Hall–Kier alpha value is -1.42. The van der Waals surface area contributed by atoms with Crippen molar-refractivity contribution >= 4 is 17.2 Å². The highest BCUT2D eigenvalue weighted by Crippen LogP contribution is 2.28. The van der Waals surface area contributed by atoms with E-state index in [1.54, 1.807) is 17.7 Å². The van der Waals surface area contributed by atoms with E-state index in [1.165, 1.54) is 35.4 Å². The molecule has 0 radical (unpaired) electrons. The summed E-state index contributed by atoms with van der Waals surface area (Å²) in [6.45, 7) is 2.19. The number of thiophene rings is 1. The zero-order valence-electron chi connectivity index (χ0n) is 11.2. The second-order valence-electron chi connectivity index (χ2n) is 5.09. The quantitative estimate of drug-likeness (QED) is 0.860. The van der Waals surface area contributed by atoms with Crippen LogP contribution in [-0.2, 0) is 12.8 Å². The molecule has 1 N–H and O–H groups in total. The van der Waals surface area contributed by atoms with Gasteiger partial charge in [-0.1, -0.05) is 12.5 Å². The number of hydrogen-bond acceptors (Lipinski definition) is 4. The van der Waals surface area contributed by atoms with Crippen LogP contribution in [0, 0.1) is 0 Å². The van der Waals surface area contributed by atoms with Crippen LogP contribution in [0.2, 0.25) is 0 Å². The van der Waals surface area contributed by atoms with E-state index in [0.29, 0.717) is 6.04 Å². The van der Waals surface area contributed by atoms with Crippen molar-refractivity contribution in [1.82, 2.24) is 9.97 Å². The summed E-state index contributed by atoms with van der Waals surface area (Å²) in [5, 5.41) is 5.68. The molecule has 2 heterocycles. The molecule has 1 aliphatic rings. The lowest BCUT2D eigenvalue weighted by Gasteiger charge is -2.17. The number of anilines is 1. The standard InChI is InChI=1S/C15H19N3S/c1-11(14-8-5-9-19-14)18-15-12-6-3-2-4-7-13(12)16-10-17-15/h5,8-11H,2-4,6-7H2,1H3,(H,16,17,18). The minimum absolute atomic E-state index is 0.308. The van der Waals surface area contributed by atoms with Gasteiger partial charge in [0.15, 0.2) is 0 Å². The molecule has 0 saturated carbocycles. The Morgan fingerprint density at radius 3 is 2.95 bits per heavy atom. The summed E-state index contributed by atoms with van der Waals surface area (Å²) in [6.07, 6.45) is 7.71. The van der Waals surface area contributed by atoms with Gasteiger partial charge in [-0.15, -0.1) is 11.3 Å². The topological polar surface area (TPSA) is 37.8 Å². The SMILES string of the molecule is CC(Nc1ncnc2c1CCCCC2)c1cccs1. The summed E-state index contributed by atoms with van der Waals surface area (Å²) in [4.78, 5) is 10.3. The van der Waals surface area contributed by atoms with Gasteiger partial charge in [-0.3, -0.25) is 0 Å². The fourth-order valence-corrected chi connectivity index (χ4v) is 3.37. The van der Waals surface area contributed by atoms with E-state index in [0.717, 1.165) is 18.7 Å². The van der Waals surface area contributed by atoms with Crippen LogP contribution in [0.3, 0.4) is 0 Å². The molecule has 3 nitrogen and oxygen atoms in total. The molecule has 2 aromatic rings. The van der Waals surface area contributed by atoms with Crippen molar-refractivity contribution in [3.8, 4) is 0 Å². The molecule has 100 valence electrons. The summed E-state index contributed by atoms with van der Waals surface area (Å²) in [6, 6.07) is 4.57. The molecule has 0 saturated heterocycles. The fourth-order valence-electron chi connectivity index (χ4n) is 2.64. The fraction of sp³-hybridized carbons (Fsp3) is 0.467. The van der Waals surface area contributed by atoms with Crippen molar-refractivity contribution in [3.05, 3.63) is 40.0 Å². The average Bonchev–Trinajstić information content (AvgIpc) is 2.84. The molecular weight excluding hydrogens is 254 g/mol. The second-order valence-corrected chi connectivity index (χ2v) is 6.07. The monoisotopic (exact) mass is 273 g/mol. The first-order chi connectivity index (χ1) is 9.34. The Morgan fingerprint density at radius 2 is 2.11 bits per heavy atom. The van der Waals surface area contributed by atoms with Gasteiger partial charge in [0.05, 0.1) is 6.04 Å². The summed E-state index contributed by atoms with van der Waals surface area (Å²) in [5.74, 6) is 1.04. The number of nitrogens with one attached hydrogen (secondary N) is 1. The van der Waals surface area contributed by atoms with Crippen LogP contribution in [0.5, 0.6) is 0 Å². The van der Waals surface area contributed by atoms with Crippen molar-refractivity contribution in [2.75, 3.05) is 5.32 Å². The largest absolute Gasteiger partial charge is 0.362 e. The molecule has 1 atom stereocenters. The molecule has 0 fully saturated rings. The van der Waals surface area contributed by atoms with Crippen LogP contribution >= 0.6 is 11.3 Å². The Labute approximate surface area is 118 Å². The highest BCUT2D eigenvalue weighted by Gasteiger charge is 2.16. The van der Waals surface area contributed by atoms with E-state index >= 15 is 0 Å². The first-order valence-corrected chi connectivity index (χ1v) is 7.85. The molecule has 0 spiro atoms. The number of aromatic nitrogens is 2. The normalized spacial score (nSPS) is 16.5. The minimum atomic E-state index is 0.308. The lowest BCUT2D eigenvalue weighted by atomic mass is 10.1. The summed E-state index contributed by atoms with van der Waals surface area (Å²) >= 11 is 1.79. The van der Waals surface area contributed by atoms with Crippen LogP contribution < -0.4 is 5.32 Å². The van der Waals surface area contributed by atoms with Gasteiger partial charge in [0.2, 0.25) is 0 Å². The van der Waals surface area contributed by atoms with Gasteiger partial charge < -0.3 is 5.32 Å². The Morgan fingerprint density at radius 1 is 1.21 bits per heavy atom. The van der Waals surface area contributed by atoms with Gasteiger partial charge in [0.1, 0.15) is 12.1 Å². The van der Waals surface area contributed by atoms with E-state index in [4.69, 9.17) is 0 Å². The maximum atomic E-state index is 4.47. The van der Waals surface area contributed by atoms with E-state index in [1.807, 2.05) is 0 Å². The van der Waals surface area contributed by atoms with Gasteiger partial charge in [0.25, 0.3) is 0 Å². The summed E-state index contributed by atoms with van der Waals surface area (Å²) in [5.41, 5.74) is 2.58. The Balaban J connectivity index is 1.85.